The van der Waals surface area contributed by atoms with Crippen LogP contribution in [0.1, 0.15) is 51.7 Å². The largest absolute Gasteiger partial charge is 0.444 e. The molecule has 0 saturated carbocycles. The minimum absolute atomic E-state index is 0.137. The van der Waals surface area contributed by atoms with Gasteiger partial charge in [-0.1, -0.05) is 6.92 Å². The normalized spacial score (nSPS) is 17.6. The molecule has 170 valence electrons. The number of nitrogens with zero attached hydrogens (tertiary/aromatic N) is 2. The lowest BCUT2D eigenvalue weighted by Crippen LogP contribution is -2.50. The van der Waals surface area contributed by atoms with Crippen LogP contribution in [0.4, 0.5) is 23.7 Å². The zero-order valence-corrected chi connectivity index (χ0v) is 18.0. The van der Waals surface area contributed by atoms with E-state index < -0.39 is 35.4 Å². The number of nitriles is 1. The summed E-state index contributed by atoms with van der Waals surface area (Å²) < 4.78 is 44.4. The summed E-state index contributed by atoms with van der Waals surface area (Å²) in [5, 5.41) is 14.6. The number of alkyl halides is 3. The summed E-state index contributed by atoms with van der Waals surface area (Å²) >= 11 is 0. The molecule has 2 unspecified atom stereocenters. The lowest BCUT2D eigenvalue weighted by atomic mass is 10.1. The quantitative estimate of drug-likeness (QED) is 0.730. The highest BCUT2D eigenvalue weighted by Crippen LogP contribution is 2.34. The molecule has 1 aliphatic rings. The summed E-state index contributed by atoms with van der Waals surface area (Å²) in [7, 11) is 0. The molecule has 2 rings (SSSR count). The average molecular weight is 440 g/mol. The van der Waals surface area contributed by atoms with E-state index in [4.69, 9.17) is 4.74 Å². The van der Waals surface area contributed by atoms with Crippen LogP contribution in [-0.4, -0.2) is 42.8 Å². The van der Waals surface area contributed by atoms with E-state index in [0.29, 0.717) is 19.4 Å². The number of rotatable bonds is 5. The number of hydrogen-bond acceptors (Lipinski definition) is 5. The number of benzene rings is 1. The molecule has 1 aliphatic heterocycles. The third-order valence-electron chi connectivity index (χ3n) is 4.74. The van der Waals surface area contributed by atoms with Gasteiger partial charge in [-0.25, -0.2) is 4.79 Å². The van der Waals surface area contributed by atoms with E-state index in [9.17, 15) is 28.0 Å². The highest BCUT2D eigenvalue weighted by atomic mass is 19.4. The van der Waals surface area contributed by atoms with Crippen molar-refractivity contribution in [2.24, 2.45) is 0 Å². The maximum Gasteiger partial charge on any atom is 0.416 e. The second-order valence-electron chi connectivity index (χ2n) is 8.39. The smallest absolute Gasteiger partial charge is 0.416 e. The molecule has 2 N–H and O–H groups in total. The summed E-state index contributed by atoms with van der Waals surface area (Å²) in [6.07, 6.45) is -4.38. The van der Waals surface area contributed by atoms with E-state index in [0.717, 1.165) is 18.2 Å². The van der Waals surface area contributed by atoms with Gasteiger partial charge in [0, 0.05) is 19.1 Å². The topological polar surface area (TPSA) is 94.5 Å². The van der Waals surface area contributed by atoms with Crippen LogP contribution in [0.5, 0.6) is 0 Å². The summed E-state index contributed by atoms with van der Waals surface area (Å²) in [6, 6.07) is 3.78. The summed E-state index contributed by atoms with van der Waals surface area (Å²) in [5.41, 5.74) is -1.21. The van der Waals surface area contributed by atoms with Crippen molar-refractivity contribution in [1.29, 1.82) is 5.26 Å². The molecule has 7 nitrogen and oxygen atoms in total. The molecule has 1 heterocycles. The van der Waals surface area contributed by atoms with Crippen molar-refractivity contribution >= 4 is 17.7 Å². The molecular formula is C21H27F3N4O3. The lowest BCUT2D eigenvalue weighted by Gasteiger charge is -2.24. The van der Waals surface area contributed by atoms with Gasteiger partial charge in [0.15, 0.2) is 0 Å². The first kappa shape index (κ1) is 24.3. The molecule has 1 saturated heterocycles. The third kappa shape index (κ3) is 6.77. The van der Waals surface area contributed by atoms with E-state index >= 15 is 0 Å². The summed E-state index contributed by atoms with van der Waals surface area (Å²) in [6.45, 7) is 7.52. The Kier molecular flexibility index (Phi) is 7.41. The molecule has 2 amide bonds. The molecule has 0 radical (unpaired) electrons. The maximum atomic E-state index is 13.1. The van der Waals surface area contributed by atoms with Gasteiger partial charge in [-0.2, -0.15) is 18.4 Å². The molecule has 31 heavy (non-hydrogen) atoms. The minimum atomic E-state index is -4.52. The second kappa shape index (κ2) is 9.45. The van der Waals surface area contributed by atoms with Crippen LogP contribution < -0.4 is 15.5 Å². The average Bonchev–Trinajstić information content (AvgIpc) is 3.11. The van der Waals surface area contributed by atoms with Crippen LogP contribution in [0, 0.1) is 11.3 Å². The Morgan fingerprint density at radius 3 is 2.55 bits per heavy atom. The first-order chi connectivity index (χ1) is 14.3. The van der Waals surface area contributed by atoms with Gasteiger partial charge in [0.2, 0.25) is 5.91 Å². The zero-order chi connectivity index (χ0) is 23.4. The van der Waals surface area contributed by atoms with E-state index in [1.807, 2.05) is 6.07 Å². The Morgan fingerprint density at radius 2 is 2.00 bits per heavy atom. The molecule has 0 spiro atoms. The third-order valence-corrected chi connectivity index (χ3v) is 4.74. The van der Waals surface area contributed by atoms with E-state index in [1.54, 1.807) is 32.6 Å². The molecule has 0 aliphatic carbocycles. The molecular weight excluding hydrogens is 413 g/mol. The van der Waals surface area contributed by atoms with Crippen molar-refractivity contribution in [1.82, 2.24) is 10.6 Å². The molecule has 0 bridgehead atoms. The van der Waals surface area contributed by atoms with Gasteiger partial charge in [-0.15, -0.1) is 0 Å². The number of carbonyl (C=O) groups excluding carboxylic acids is 2. The van der Waals surface area contributed by atoms with Crippen LogP contribution in [-0.2, 0) is 15.7 Å². The monoisotopic (exact) mass is 440 g/mol. The molecule has 2 atom stereocenters. The highest BCUT2D eigenvalue weighted by Gasteiger charge is 2.33. The van der Waals surface area contributed by atoms with Crippen LogP contribution in [0.3, 0.4) is 0 Å². The number of hydrogen-bond donors (Lipinski definition) is 2. The zero-order valence-electron chi connectivity index (χ0n) is 18.0. The number of ether oxygens (including phenoxy) is 1. The van der Waals surface area contributed by atoms with Gasteiger partial charge < -0.3 is 20.3 Å². The van der Waals surface area contributed by atoms with Crippen LogP contribution in [0.25, 0.3) is 0 Å². The Bertz CT molecular complexity index is 859. The number of amides is 2. The number of halogens is 3. The van der Waals surface area contributed by atoms with Crippen LogP contribution in [0.2, 0.25) is 0 Å². The van der Waals surface area contributed by atoms with Crippen molar-refractivity contribution in [2.45, 2.75) is 64.4 Å². The van der Waals surface area contributed by atoms with Gasteiger partial charge >= 0.3 is 12.3 Å². The Balaban J connectivity index is 2.04. The summed E-state index contributed by atoms with van der Waals surface area (Å²) in [5.74, 6) is -0.398. The van der Waals surface area contributed by atoms with Crippen LogP contribution in [0.15, 0.2) is 18.2 Å². The van der Waals surface area contributed by atoms with Crippen molar-refractivity contribution in [3.63, 3.8) is 0 Å². The SMILES string of the molecule is CCC(NC(=O)OC(C)(C)C)C(=O)NC1CCN(c2cc(C(F)(F)F)ccc2C#N)C1. The second-order valence-corrected chi connectivity index (χ2v) is 8.39. The Morgan fingerprint density at radius 1 is 1.32 bits per heavy atom. The van der Waals surface area contributed by atoms with Crippen LogP contribution >= 0.6 is 0 Å². The standard InChI is InChI=1S/C21H27F3N4O3/c1-5-16(27-19(30)31-20(2,3)4)18(29)26-15-8-9-28(12-15)17-10-14(21(22,23)24)7-6-13(17)11-25/h6-7,10,15-16H,5,8-9,12H2,1-4H3,(H,26,29)(H,27,30). The Hall–Kier alpha value is -2.96. The lowest BCUT2D eigenvalue weighted by molar-refractivity contribution is -0.137. The summed E-state index contributed by atoms with van der Waals surface area (Å²) in [4.78, 5) is 26.2. The fourth-order valence-electron chi connectivity index (χ4n) is 3.27. The molecule has 0 aromatic heterocycles. The first-order valence-electron chi connectivity index (χ1n) is 10.00. The van der Waals surface area contributed by atoms with Gasteiger partial charge in [0.25, 0.3) is 0 Å². The fourth-order valence-corrected chi connectivity index (χ4v) is 3.27. The molecule has 1 aromatic carbocycles. The van der Waals surface area contributed by atoms with E-state index in [1.165, 1.54) is 0 Å². The van der Waals surface area contributed by atoms with Gasteiger partial charge in [0.05, 0.1) is 16.8 Å². The number of anilines is 1. The number of nitrogens with one attached hydrogen (secondary N) is 2. The van der Waals surface area contributed by atoms with E-state index in [-0.39, 0.29) is 23.8 Å². The maximum absolute atomic E-state index is 13.1. The number of carbonyl (C=O) groups is 2. The fraction of sp³-hybridized carbons (Fsp3) is 0.571. The van der Waals surface area contributed by atoms with Crippen molar-refractivity contribution < 1.29 is 27.5 Å². The highest BCUT2D eigenvalue weighted by molar-refractivity contribution is 5.86. The van der Waals surface area contributed by atoms with Gasteiger partial charge in [-0.05, 0) is 51.8 Å². The molecule has 10 heteroatoms. The van der Waals surface area contributed by atoms with Gasteiger partial charge in [-0.3, -0.25) is 4.79 Å². The molecule has 1 fully saturated rings. The predicted molar refractivity (Wildman–Crippen MR) is 108 cm³/mol. The van der Waals surface area contributed by atoms with E-state index in [2.05, 4.69) is 10.6 Å². The molecule has 1 aromatic rings. The van der Waals surface area contributed by atoms with Crippen molar-refractivity contribution in [3.05, 3.63) is 29.3 Å². The minimum Gasteiger partial charge on any atom is -0.444 e. The Labute approximate surface area is 179 Å². The first-order valence-corrected chi connectivity index (χ1v) is 10.00. The number of alkyl carbamates (subject to hydrolysis) is 1. The van der Waals surface area contributed by atoms with Crippen molar-refractivity contribution in [3.8, 4) is 6.07 Å². The predicted octanol–water partition coefficient (Wildman–Crippen LogP) is 3.58. The van der Waals surface area contributed by atoms with Crippen molar-refractivity contribution in [2.75, 3.05) is 18.0 Å². The van der Waals surface area contributed by atoms with Gasteiger partial charge in [0.1, 0.15) is 17.7 Å².